The van der Waals surface area contributed by atoms with Crippen LogP contribution in [-0.2, 0) is 4.74 Å². The highest BCUT2D eigenvalue weighted by molar-refractivity contribution is 6.36. The van der Waals surface area contributed by atoms with Gasteiger partial charge < -0.3 is 4.74 Å². The number of Topliss-reactive ketones (excluding diaryl/α,β-unsaturated/α-hetero) is 1. The molecule has 0 saturated carbocycles. The van der Waals surface area contributed by atoms with Gasteiger partial charge in [0.2, 0.25) is 0 Å². The van der Waals surface area contributed by atoms with Gasteiger partial charge in [0.15, 0.2) is 5.78 Å². The van der Waals surface area contributed by atoms with Crippen molar-refractivity contribution in [3.05, 3.63) is 33.8 Å². The van der Waals surface area contributed by atoms with Crippen LogP contribution >= 0.6 is 23.2 Å². The van der Waals surface area contributed by atoms with Crippen LogP contribution in [0.3, 0.4) is 0 Å². The monoisotopic (exact) mass is 260 g/mol. The Morgan fingerprint density at radius 2 is 2.06 bits per heavy atom. The van der Waals surface area contributed by atoms with Gasteiger partial charge in [-0.05, 0) is 31.5 Å². The Labute approximate surface area is 106 Å². The lowest BCUT2D eigenvalue weighted by Crippen LogP contribution is -2.24. The third-order valence-electron chi connectivity index (χ3n) is 2.22. The summed E-state index contributed by atoms with van der Waals surface area (Å²) in [7, 11) is 0. The number of carbonyl (C=O) groups is 1. The normalized spacial score (nSPS) is 12.5. The van der Waals surface area contributed by atoms with Gasteiger partial charge in [0.1, 0.15) is 6.10 Å². The van der Waals surface area contributed by atoms with E-state index >= 15 is 0 Å². The van der Waals surface area contributed by atoms with Gasteiger partial charge in [-0.15, -0.1) is 0 Å². The van der Waals surface area contributed by atoms with Crippen molar-refractivity contribution in [3.8, 4) is 0 Å². The summed E-state index contributed by atoms with van der Waals surface area (Å²) in [5.74, 6) is -0.114. The minimum Gasteiger partial charge on any atom is -0.370 e. The van der Waals surface area contributed by atoms with Crippen LogP contribution in [0.5, 0.6) is 0 Å². The molecule has 0 aliphatic rings. The lowest BCUT2D eigenvalue weighted by atomic mass is 10.0. The van der Waals surface area contributed by atoms with Gasteiger partial charge in [-0.25, -0.2) is 0 Å². The Balaban J connectivity index is 2.98. The highest BCUT2D eigenvalue weighted by atomic mass is 35.5. The van der Waals surface area contributed by atoms with Crippen LogP contribution in [0.25, 0.3) is 0 Å². The molecule has 0 N–H and O–H groups in total. The number of carbonyl (C=O) groups excluding carboxylic acids is 1. The molecule has 0 spiro atoms. The van der Waals surface area contributed by atoms with Crippen LogP contribution in [0.1, 0.15) is 30.6 Å². The molecule has 1 atom stereocenters. The molecule has 0 heterocycles. The van der Waals surface area contributed by atoms with E-state index in [9.17, 15) is 4.79 Å². The van der Waals surface area contributed by atoms with Crippen molar-refractivity contribution in [1.29, 1.82) is 0 Å². The van der Waals surface area contributed by atoms with E-state index in [1.54, 1.807) is 18.2 Å². The van der Waals surface area contributed by atoms with Gasteiger partial charge in [0, 0.05) is 17.2 Å². The van der Waals surface area contributed by atoms with Crippen molar-refractivity contribution < 1.29 is 9.53 Å². The van der Waals surface area contributed by atoms with Crippen LogP contribution in [0.4, 0.5) is 0 Å². The van der Waals surface area contributed by atoms with Crippen molar-refractivity contribution in [2.24, 2.45) is 0 Å². The number of rotatable bonds is 5. The molecule has 88 valence electrons. The van der Waals surface area contributed by atoms with E-state index in [2.05, 4.69) is 0 Å². The van der Waals surface area contributed by atoms with Gasteiger partial charge in [-0.2, -0.15) is 0 Å². The molecule has 1 rings (SSSR count). The lowest BCUT2D eigenvalue weighted by Gasteiger charge is -2.14. The van der Waals surface area contributed by atoms with E-state index in [0.29, 0.717) is 28.6 Å². The summed E-state index contributed by atoms with van der Waals surface area (Å²) in [5.41, 5.74) is 0.425. The van der Waals surface area contributed by atoms with Gasteiger partial charge in [-0.3, -0.25) is 4.79 Å². The van der Waals surface area contributed by atoms with Crippen molar-refractivity contribution in [1.82, 2.24) is 0 Å². The second kappa shape index (κ2) is 6.24. The van der Waals surface area contributed by atoms with Crippen LogP contribution in [0.2, 0.25) is 10.0 Å². The van der Waals surface area contributed by atoms with Crippen LogP contribution in [0, 0.1) is 0 Å². The molecule has 2 nitrogen and oxygen atoms in total. The number of halogens is 2. The molecule has 1 unspecified atom stereocenters. The molecular weight excluding hydrogens is 247 g/mol. The van der Waals surface area contributed by atoms with Crippen molar-refractivity contribution >= 4 is 29.0 Å². The first-order chi connectivity index (χ1) is 7.60. The molecule has 0 radical (unpaired) electrons. The molecule has 0 aromatic heterocycles. The minimum atomic E-state index is -0.444. The molecule has 1 aromatic rings. The molecular formula is C12H14Cl2O2. The summed E-state index contributed by atoms with van der Waals surface area (Å²) in [6.07, 6.45) is 0.177. The van der Waals surface area contributed by atoms with Gasteiger partial charge in [0.25, 0.3) is 0 Å². The standard InChI is InChI=1S/C12H14Cl2O2/c1-3-11(16-4-2)12(15)9-7-8(13)5-6-10(9)14/h5-7,11H,3-4H2,1-2H3. The van der Waals surface area contributed by atoms with E-state index < -0.39 is 6.10 Å². The van der Waals surface area contributed by atoms with Crippen molar-refractivity contribution in [3.63, 3.8) is 0 Å². The largest absolute Gasteiger partial charge is 0.370 e. The molecule has 0 saturated heterocycles. The predicted octanol–water partition coefficient (Wildman–Crippen LogP) is 3.99. The Hall–Kier alpha value is -0.570. The van der Waals surface area contributed by atoms with Crippen LogP contribution < -0.4 is 0 Å². The highest BCUT2D eigenvalue weighted by Gasteiger charge is 2.20. The third kappa shape index (κ3) is 3.21. The van der Waals surface area contributed by atoms with Gasteiger partial charge in [0.05, 0.1) is 5.02 Å². The molecule has 0 amide bonds. The number of benzene rings is 1. The van der Waals surface area contributed by atoms with Crippen molar-refractivity contribution in [2.45, 2.75) is 26.4 Å². The van der Waals surface area contributed by atoms with Gasteiger partial charge >= 0.3 is 0 Å². The lowest BCUT2D eigenvalue weighted by molar-refractivity contribution is 0.0444. The zero-order valence-electron chi connectivity index (χ0n) is 9.30. The van der Waals surface area contributed by atoms with E-state index in [1.807, 2.05) is 13.8 Å². The van der Waals surface area contributed by atoms with E-state index in [-0.39, 0.29) is 5.78 Å². The summed E-state index contributed by atoms with van der Waals surface area (Å²) in [5, 5.41) is 0.909. The number of ether oxygens (including phenoxy) is 1. The number of hydrogen-bond acceptors (Lipinski definition) is 2. The topological polar surface area (TPSA) is 26.3 Å². The zero-order chi connectivity index (χ0) is 12.1. The fourth-order valence-electron chi connectivity index (χ4n) is 1.44. The average molecular weight is 261 g/mol. The molecule has 0 fully saturated rings. The molecule has 4 heteroatoms. The summed E-state index contributed by atoms with van der Waals surface area (Å²) >= 11 is 11.8. The second-order valence-electron chi connectivity index (χ2n) is 3.34. The Bertz CT molecular complexity index is 377. The first-order valence-corrected chi connectivity index (χ1v) is 5.96. The average Bonchev–Trinajstić information content (AvgIpc) is 2.28. The maximum atomic E-state index is 12.1. The van der Waals surface area contributed by atoms with Crippen LogP contribution in [-0.4, -0.2) is 18.5 Å². The molecule has 0 aliphatic heterocycles. The summed E-state index contributed by atoms with van der Waals surface area (Å²) < 4.78 is 5.35. The quantitative estimate of drug-likeness (QED) is 0.749. The predicted molar refractivity (Wildman–Crippen MR) is 66.5 cm³/mol. The summed E-state index contributed by atoms with van der Waals surface area (Å²) in [4.78, 5) is 12.1. The first-order valence-electron chi connectivity index (χ1n) is 5.21. The maximum Gasteiger partial charge on any atom is 0.193 e. The number of ketones is 1. The first kappa shape index (κ1) is 13.5. The third-order valence-corrected chi connectivity index (χ3v) is 2.79. The highest BCUT2D eigenvalue weighted by Crippen LogP contribution is 2.23. The Kier molecular flexibility index (Phi) is 5.26. The fourth-order valence-corrected chi connectivity index (χ4v) is 1.82. The van der Waals surface area contributed by atoms with E-state index in [1.165, 1.54) is 0 Å². The molecule has 16 heavy (non-hydrogen) atoms. The zero-order valence-corrected chi connectivity index (χ0v) is 10.8. The summed E-state index contributed by atoms with van der Waals surface area (Å²) in [6.45, 7) is 4.26. The molecule has 1 aromatic carbocycles. The summed E-state index contributed by atoms with van der Waals surface area (Å²) in [6, 6.07) is 4.85. The smallest absolute Gasteiger partial charge is 0.193 e. The second-order valence-corrected chi connectivity index (χ2v) is 4.18. The van der Waals surface area contributed by atoms with E-state index in [4.69, 9.17) is 27.9 Å². The number of hydrogen-bond donors (Lipinski definition) is 0. The van der Waals surface area contributed by atoms with Gasteiger partial charge in [-0.1, -0.05) is 30.1 Å². The minimum absolute atomic E-state index is 0.114. The van der Waals surface area contributed by atoms with Crippen molar-refractivity contribution in [2.75, 3.05) is 6.61 Å². The van der Waals surface area contributed by atoms with E-state index in [0.717, 1.165) is 0 Å². The fraction of sp³-hybridized carbons (Fsp3) is 0.417. The maximum absolute atomic E-state index is 12.1. The molecule has 0 aliphatic carbocycles. The Morgan fingerprint density at radius 1 is 1.38 bits per heavy atom. The Morgan fingerprint density at radius 3 is 2.62 bits per heavy atom. The molecule has 0 bridgehead atoms. The van der Waals surface area contributed by atoms with Crippen LogP contribution in [0.15, 0.2) is 18.2 Å². The SMILES string of the molecule is CCOC(CC)C(=O)c1cc(Cl)ccc1Cl.